The second-order valence-electron chi connectivity index (χ2n) is 7.45. The quantitative estimate of drug-likeness (QED) is 0.886. The number of carbonyl (C=O) groups excluding carboxylic acids is 1. The van der Waals surface area contributed by atoms with Crippen molar-refractivity contribution in [3.63, 3.8) is 0 Å². The lowest BCUT2D eigenvalue weighted by Crippen LogP contribution is -2.48. The van der Waals surface area contributed by atoms with Gasteiger partial charge in [-0.2, -0.15) is 0 Å². The summed E-state index contributed by atoms with van der Waals surface area (Å²) >= 11 is 0. The number of hydrogen-bond acceptors (Lipinski definition) is 6. The summed E-state index contributed by atoms with van der Waals surface area (Å²) in [7, 11) is 3.88. The number of fused-ring (bicyclic) bond motifs is 2. The predicted molar refractivity (Wildman–Crippen MR) is 97.4 cm³/mol. The molecule has 1 spiro atoms. The van der Waals surface area contributed by atoms with Crippen molar-refractivity contribution in [2.45, 2.75) is 31.1 Å². The van der Waals surface area contributed by atoms with E-state index in [1.54, 1.807) is 6.07 Å². The molecule has 1 aliphatic carbocycles. The third-order valence-electron chi connectivity index (χ3n) is 5.46. The number of carbonyl (C=O) groups is 1. The van der Waals surface area contributed by atoms with Gasteiger partial charge in [0.25, 0.3) is 5.91 Å². The van der Waals surface area contributed by atoms with E-state index in [-0.39, 0.29) is 17.1 Å². The highest BCUT2D eigenvalue weighted by Gasteiger charge is 2.45. The van der Waals surface area contributed by atoms with Crippen molar-refractivity contribution >= 4 is 11.9 Å². The minimum Gasteiger partial charge on any atom is -0.506 e. The first-order valence-electron chi connectivity index (χ1n) is 8.96. The van der Waals surface area contributed by atoms with Crippen LogP contribution in [0, 0.1) is 0 Å². The topological polar surface area (TPSA) is 82.5 Å². The van der Waals surface area contributed by atoms with E-state index in [0.29, 0.717) is 18.2 Å². The Hall–Kier alpha value is -2.70. The van der Waals surface area contributed by atoms with E-state index in [2.05, 4.69) is 9.97 Å². The minimum absolute atomic E-state index is 0.0642. The Bertz CT molecular complexity index is 832. The maximum absolute atomic E-state index is 12.9. The largest absolute Gasteiger partial charge is 0.506 e. The summed E-state index contributed by atoms with van der Waals surface area (Å²) in [5, 5.41) is 9.39. The van der Waals surface area contributed by atoms with E-state index in [4.69, 9.17) is 4.98 Å². The van der Waals surface area contributed by atoms with Crippen LogP contribution in [0.4, 0.5) is 5.95 Å². The highest BCUT2D eigenvalue weighted by Crippen LogP contribution is 2.44. The molecule has 0 bridgehead atoms. The molecule has 7 nitrogen and oxygen atoms in total. The fraction of sp³-hybridized carbons (Fsp3) is 0.474. The average Bonchev–Trinajstić information content (AvgIpc) is 2.99. The van der Waals surface area contributed by atoms with Crippen molar-refractivity contribution in [1.29, 1.82) is 0 Å². The minimum atomic E-state index is -0.0894. The van der Waals surface area contributed by atoms with Crippen LogP contribution in [0.3, 0.4) is 0 Å². The molecule has 136 valence electrons. The van der Waals surface area contributed by atoms with E-state index in [9.17, 15) is 9.90 Å². The van der Waals surface area contributed by atoms with Gasteiger partial charge in [-0.25, -0.2) is 15.0 Å². The number of aromatic nitrogens is 3. The molecular weight excluding hydrogens is 330 g/mol. The van der Waals surface area contributed by atoms with E-state index >= 15 is 0 Å². The summed E-state index contributed by atoms with van der Waals surface area (Å²) in [6, 6.07) is 3.08. The van der Waals surface area contributed by atoms with Gasteiger partial charge in [-0.15, -0.1) is 0 Å². The van der Waals surface area contributed by atoms with Crippen molar-refractivity contribution in [3.05, 3.63) is 41.5 Å². The number of aryl methyl sites for hydroxylation is 1. The Morgan fingerprint density at radius 1 is 1.23 bits per heavy atom. The molecule has 1 amide bonds. The van der Waals surface area contributed by atoms with Gasteiger partial charge in [-0.3, -0.25) is 4.79 Å². The average molecular weight is 353 g/mol. The van der Waals surface area contributed by atoms with Crippen LogP contribution in [0.1, 0.15) is 41.0 Å². The van der Waals surface area contributed by atoms with Crippen LogP contribution in [-0.2, 0) is 11.8 Å². The molecule has 2 aliphatic rings. The zero-order valence-corrected chi connectivity index (χ0v) is 15.1. The first-order chi connectivity index (χ1) is 12.5. The molecule has 2 aromatic rings. The monoisotopic (exact) mass is 353 g/mol. The Morgan fingerprint density at radius 3 is 2.81 bits per heavy atom. The number of aromatic hydroxyl groups is 1. The third-order valence-corrected chi connectivity index (χ3v) is 5.46. The number of amides is 1. The molecule has 1 fully saturated rings. The molecule has 1 atom stereocenters. The van der Waals surface area contributed by atoms with Crippen LogP contribution < -0.4 is 4.90 Å². The van der Waals surface area contributed by atoms with E-state index in [1.165, 1.54) is 17.8 Å². The fourth-order valence-corrected chi connectivity index (χ4v) is 4.12. The predicted octanol–water partition coefficient (Wildman–Crippen LogP) is 1.76. The zero-order chi connectivity index (χ0) is 18.3. The first-order valence-corrected chi connectivity index (χ1v) is 8.96. The summed E-state index contributed by atoms with van der Waals surface area (Å²) in [5.74, 6) is 0.697. The maximum Gasteiger partial charge on any atom is 0.272 e. The molecule has 1 N–H and O–H groups in total. The Morgan fingerprint density at radius 2 is 2.08 bits per heavy atom. The lowest BCUT2D eigenvalue weighted by Gasteiger charge is -2.40. The van der Waals surface area contributed by atoms with Gasteiger partial charge in [0.05, 0.1) is 11.9 Å². The molecule has 1 unspecified atom stereocenters. The van der Waals surface area contributed by atoms with E-state index in [0.717, 1.165) is 37.9 Å². The van der Waals surface area contributed by atoms with Crippen LogP contribution >= 0.6 is 0 Å². The van der Waals surface area contributed by atoms with Gasteiger partial charge in [-0.05, 0) is 43.4 Å². The number of anilines is 1. The van der Waals surface area contributed by atoms with Crippen LogP contribution in [0.5, 0.6) is 5.75 Å². The summed E-state index contributed by atoms with van der Waals surface area (Å²) in [5.41, 5.74) is 2.59. The van der Waals surface area contributed by atoms with Gasteiger partial charge in [-0.1, -0.05) is 0 Å². The molecule has 0 aromatic carbocycles. The number of hydrogen-bond donors (Lipinski definition) is 1. The molecule has 2 aromatic heterocycles. The molecular formula is C19H23N5O2. The summed E-state index contributed by atoms with van der Waals surface area (Å²) in [4.78, 5) is 30.0. The molecule has 1 saturated heterocycles. The number of pyridine rings is 1. The Labute approximate surface area is 152 Å². The van der Waals surface area contributed by atoms with Crippen LogP contribution in [0.15, 0.2) is 24.5 Å². The van der Waals surface area contributed by atoms with Crippen molar-refractivity contribution in [2.24, 2.45) is 0 Å². The highest BCUT2D eigenvalue weighted by atomic mass is 16.3. The lowest BCUT2D eigenvalue weighted by atomic mass is 9.77. The summed E-state index contributed by atoms with van der Waals surface area (Å²) in [6.07, 6.45) is 7.20. The Kier molecular flexibility index (Phi) is 4.01. The SMILES string of the molecule is CN(C)c1ncc2c(n1)C1(CCCN(C(=O)c3ccc(O)cn3)C1)CC2. The molecule has 0 saturated carbocycles. The van der Waals surface area contributed by atoms with Gasteiger partial charge >= 0.3 is 0 Å². The van der Waals surface area contributed by atoms with Crippen molar-refractivity contribution in [2.75, 3.05) is 32.1 Å². The lowest BCUT2D eigenvalue weighted by molar-refractivity contribution is 0.0627. The van der Waals surface area contributed by atoms with Crippen molar-refractivity contribution in [3.8, 4) is 5.75 Å². The normalized spacial score (nSPS) is 21.7. The summed E-state index contributed by atoms with van der Waals surface area (Å²) in [6.45, 7) is 1.38. The standard InChI is InChI=1S/C19H23N5O2/c1-23(2)18-21-10-13-6-8-19(16(13)22-18)7-3-9-24(12-19)17(26)15-5-4-14(25)11-20-15/h4-5,10-11,25H,3,6-9,12H2,1-2H3. The second-order valence-corrected chi connectivity index (χ2v) is 7.45. The molecule has 1 aliphatic heterocycles. The zero-order valence-electron chi connectivity index (χ0n) is 15.1. The highest BCUT2D eigenvalue weighted by molar-refractivity contribution is 5.92. The van der Waals surface area contributed by atoms with E-state index < -0.39 is 0 Å². The van der Waals surface area contributed by atoms with Crippen LogP contribution in [-0.4, -0.2) is 58.1 Å². The smallest absolute Gasteiger partial charge is 0.272 e. The molecule has 3 heterocycles. The molecule has 0 radical (unpaired) electrons. The molecule has 4 rings (SSSR count). The van der Waals surface area contributed by atoms with E-state index in [1.807, 2.05) is 30.1 Å². The van der Waals surface area contributed by atoms with Gasteiger partial charge in [0.15, 0.2) is 0 Å². The first kappa shape index (κ1) is 16.8. The summed E-state index contributed by atoms with van der Waals surface area (Å²) < 4.78 is 0. The number of nitrogens with zero attached hydrogens (tertiary/aromatic N) is 5. The maximum atomic E-state index is 12.9. The second kappa shape index (κ2) is 6.23. The molecule has 7 heteroatoms. The Balaban J connectivity index is 1.63. The van der Waals surface area contributed by atoms with Gasteiger partial charge in [0.2, 0.25) is 5.95 Å². The van der Waals surface area contributed by atoms with Gasteiger partial charge in [0.1, 0.15) is 11.4 Å². The van der Waals surface area contributed by atoms with Crippen LogP contribution in [0.25, 0.3) is 0 Å². The van der Waals surface area contributed by atoms with Crippen molar-refractivity contribution < 1.29 is 9.90 Å². The fourth-order valence-electron chi connectivity index (χ4n) is 4.12. The van der Waals surface area contributed by atoms with Gasteiger partial charge < -0.3 is 14.9 Å². The number of piperidine rings is 1. The molecule has 26 heavy (non-hydrogen) atoms. The number of rotatable bonds is 2. The van der Waals surface area contributed by atoms with Crippen LogP contribution in [0.2, 0.25) is 0 Å². The van der Waals surface area contributed by atoms with Crippen molar-refractivity contribution in [1.82, 2.24) is 19.9 Å². The van der Waals surface area contributed by atoms with Gasteiger partial charge in [0, 0.05) is 38.8 Å². The number of likely N-dealkylation sites (tertiary alicyclic amines) is 1. The third kappa shape index (κ3) is 2.77.